The molecule has 3 aromatic carbocycles. The van der Waals surface area contributed by atoms with Gasteiger partial charge in [0.05, 0.1) is 16.8 Å². The minimum atomic E-state index is -0.193. The van der Waals surface area contributed by atoms with Gasteiger partial charge in [-0.05, 0) is 73.5 Å². The first-order valence-electron chi connectivity index (χ1n) is 10.4. The molecule has 0 aliphatic carbocycles. The van der Waals surface area contributed by atoms with Gasteiger partial charge in [-0.25, -0.2) is 4.98 Å². The highest BCUT2D eigenvalue weighted by Gasteiger charge is 2.16. The van der Waals surface area contributed by atoms with E-state index in [1.165, 1.54) is 17.3 Å². The number of imidazole rings is 1. The molecular weight excluding hydrogens is 456 g/mol. The molecule has 0 unspecified atom stereocenters. The number of fused-ring (bicyclic) bond motifs is 1. The lowest BCUT2D eigenvalue weighted by atomic mass is 10.1. The summed E-state index contributed by atoms with van der Waals surface area (Å²) in [5.41, 5.74) is 5.33. The topological polar surface area (TPSA) is 76.0 Å². The Kier molecular flexibility index (Phi) is 7.01. The summed E-state index contributed by atoms with van der Waals surface area (Å²) in [4.78, 5) is 29.9. The van der Waals surface area contributed by atoms with Crippen molar-refractivity contribution >= 4 is 57.6 Å². The van der Waals surface area contributed by atoms with Crippen LogP contribution in [0.15, 0.2) is 71.9 Å². The number of hydrogen-bond acceptors (Lipinski definition) is 4. The Labute approximate surface area is 201 Å². The normalized spacial score (nSPS) is 10.9. The SMILES string of the molecule is Cc1ccc(NC(=O)CSc2nc3ccccc3n2CC(=O)Nc2ccc(Cl)cc2)cc1C. The highest BCUT2D eigenvalue weighted by Crippen LogP contribution is 2.25. The second-order valence-electron chi connectivity index (χ2n) is 7.66. The van der Waals surface area contributed by atoms with Crippen LogP contribution in [0.5, 0.6) is 0 Å². The van der Waals surface area contributed by atoms with Crippen molar-refractivity contribution in [3.05, 3.63) is 82.9 Å². The smallest absolute Gasteiger partial charge is 0.244 e. The van der Waals surface area contributed by atoms with E-state index in [0.717, 1.165) is 22.3 Å². The number of benzene rings is 3. The number of nitrogens with zero attached hydrogens (tertiary/aromatic N) is 2. The van der Waals surface area contributed by atoms with Gasteiger partial charge < -0.3 is 15.2 Å². The number of aromatic nitrogens is 2. The molecule has 2 amide bonds. The zero-order valence-electron chi connectivity index (χ0n) is 18.3. The molecule has 0 atom stereocenters. The number of anilines is 2. The van der Waals surface area contributed by atoms with Crippen LogP contribution in [0.1, 0.15) is 11.1 Å². The number of halogens is 1. The van der Waals surface area contributed by atoms with E-state index in [0.29, 0.717) is 15.9 Å². The molecule has 4 rings (SSSR count). The maximum atomic E-state index is 12.7. The monoisotopic (exact) mass is 478 g/mol. The molecule has 6 nitrogen and oxygen atoms in total. The Morgan fingerprint density at radius 2 is 1.61 bits per heavy atom. The molecule has 1 aromatic heterocycles. The molecule has 4 aromatic rings. The molecule has 1 heterocycles. The Balaban J connectivity index is 1.47. The molecule has 0 aliphatic heterocycles. The van der Waals surface area contributed by atoms with E-state index in [-0.39, 0.29) is 24.1 Å². The molecule has 0 spiro atoms. The van der Waals surface area contributed by atoms with Crippen LogP contribution in [-0.2, 0) is 16.1 Å². The first-order valence-corrected chi connectivity index (χ1v) is 11.8. The average Bonchev–Trinajstić information content (AvgIpc) is 3.14. The standard InChI is InChI=1S/C25H23ClN4O2S/c1-16-7-10-20(13-17(16)2)28-24(32)15-33-25-29-21-5-3-4-6-22(21)30(25)14-23(31)27-19-11-8-18(26)9-12-19/h3-13H,14-15H2,1-2H3,(H,27,31)(H,28,32). The summed E-state index contributed by atoms with van der Waals surface area (Å²) in [5, 5.41) is 7.01. The van der Waals surface area contributed by atoms with Gasteiger partial charge in [-0.2, -0.15) is 0 Å². The molecule has 0 fully saturated rings. The molecule has 0 aliphatic rings. The third kappa shape index (κ3) is 5.74. The number of nitrogens with one attached hydrogen (secondary N) is 2. The second-order valence-corrected chi connectivity index (χ2v) is 9.04. The molecule has 0 saturated carbocycles. The molecular formula is C25H23ClN4O2S. The minimum absolute atomic E-state index is 0.0737. The fourth-order valence-corrected chi connectivity index (χ4v) is 4.28. The largest absolute Gasteiger partial charge is 0.325 e. The van der Waals surface area contributed by atoms with Crippen molar-refractivity contribution in [1.29, 1.82) is 0 Å². The zero-order valence-corrected chi connectivity index (χ0v) is 19.8. The van der Waals surface area contributed by atoms with Crippen molar-refractivity contribution in [2.45, 2.75) is 25.5 Å². The van der Waals surface area contributed by atoms with Crippen LogP contribution >= 0.6 is 23.4 Å². The number of aryl methyl sites for hydroxylation is 2. The number of para-hydroxylation sites is 2. The predicted octanol–water partition coefficient (Wildman–Crippen LogP) is 5.68. The van der Waals surface area contributed by atoms with Gasteiger partial charge >= 0.3 is 0 Å². The van der Waals surface area contributed by atoms with Crippen LogP contribution in [0.3, 0.4) is 0 Å². The lowest BCUT2D eigenvalue weighted by Crippen LogP contribution is -2.20. The second kappa shape index (κ2) is 10.1. The molecule has 0 bridgehead atoms. The number of carbonyl (C=O) groups is 2. The van der Waals surface area contributed by atoms with Crippen LogP contribution in [0.2, 0.25) is 5.02 Å². The van der Waals surface area contributed by atoms with Gasteiger partial charge in [0.2, 0.25) is 11.8 Å². The summed E-state index contributed by atoms with van der Waals surface area (Å²) in [6.07, 6.45) is 0. The third-order valence-electron chi connectivity index (χ3n) is 5.17. The van der Waals surface area contributed by atoms with Crippen molar-refractivity contribution < 1.29 is 9.59 Å². The van der Waals surface area contributed by atoms with E-state index in [2.05, 4.69) is 15.6 Å². The van der Waals surface area contributed by atoms with Crippen LogP contribution in [0.25, 0.3) is 11.0 Å². The summed E-state index contributed by atoms with van der Waals surface area (Å²) >= 11 is 7.21. The van der Waals surface area contributed by atoms with Gasteiger partial charge in [0.1, 0.15) is 6.54 Å². The number of carbonyl (C=O) groups excluding carboxylic acids is 2. The molecule has 8 heteroatoms. The van der Waals surface area contributed by atoms with E-state index >= 15 is 0 Å². The quantitative estimate of drug-likeness (QED) is 0.335. The lowest BCUT2D eigenvalue weighted by molar-refractivity contribution is -0.117. The fourth-order valence-electron chi connectivity index (χ4n) is 3.34. The number of rotatable bonds is 7. The molecule has 168 valence electrons. The Morgan fingerprint density at radius 3 is 2.36 bits per heavy atom. The Morgan fingerprint density at radius 1 is 0.909 bits per heavy atom. The van der Waals surface area contributed by atoms with Crippen molar-refractivity contribution in [1.82, 2.24) is 9.55 Å². The number of amides is 2. The molecule has 2 N–H and O–H groups in total. The van der Waals surface area contributed by atoms with Crippen LogP contribution in [0.4, 0.5) is 11.4 Å². The van der Waals surface area contributed by atoms with E-state index in [9.17, 15) is 9.59 Å². The minimum Gasteiger partial charge on any atom is -0.325 e. The summed E-state index contributed by atoms with van der Waals surface area (Å²) in [6, 6.07) is 20.4. The van der Waals surface area contributed by atoms with Crippen molar-refractivity contribution in [3.63, 3.8) is 0 Å². The first-order chi connectivity index (χ1) is 15.9. The Bertz CT molecular complexity index is 1320. The summed E-state index contributed by atoms with van der Waals surface area (Å²) in [7, 11) is 0. The van der Waals surface area contributed by atoms with Gasteiger partial charge in [-0.1, -0.05) is 41.6 Å². The molecule has 0 radical (unpaired) electrons. The Hall–Kier alpha value is -3.29. The first kappa shape index (κ1) is 22.9. The van der Waals surface area contributed by atoms with Gasteiger partial charge in [0, 0.05) is 16.4 Å². The zero-order chi connectivity index (χ0) is 23.4. The fraction of sp³-hybridized carbons (Fsp3) is 0.160. The van der Waals surface area contributed by atoms with Gasteiger partial charge in [0.25, 0.3) is 0 Å². The van der Waals surface area contributed by atoms with Gasteiger partial charge in [-0.3, -0.25) is 9.59 Å². The van der Waals surface area contributed by atoms with Crippen molar-refractivity contribution in [3.8, 4) is 0 Å². The predicted molar refractivity (Wildman–Crippen MR) is 135 cm³/mol. The van der Waals surface area contributed by atoms with E-state index < -0.39 is 0 Å². The van der Waals surface area contributed by atoms with Crippen molar-refractivity contribution in [2.24, 2.45) is 0 Å². The van der Waals surface area contributed by atoms with Gasteiger partial charge in [-0.15, -0.1) is 0 Å². The highest BCUT2D eigenvalue weighted by molar-refractivity contribution is 7.99. The van der Waals surface area contributed by atoms with Gasteiger partial charge in [0.15, 0.2) is 5.16 Å². The summed E-state index contributed by atoms with van der Waals surface area (Å²) in [6.45, 7) is 4.12. The maximum Gasteiger partial charge on any atom is 0.244 e. The number of thioether (sulfide) groups is 1. The van der Waals surface area contributed by atoms with Crippen molar-refractivity contribution in [2.75, 3.05) is 16.4 Å². The van der Waals surface area contributed by atoms with E-state index in [4.69, 9.17) is 11.6 Å². The lowest BCUT2D eigenvalue weighted by Gasteiger charge is -2.10. The average molecular weight is 479 g/mol. The van der Waals surface area contributed by atoms with Crippen LogP contribution in [-0.4, -0.2) is 27.1 Å². The summed E-state index contributed by atoms with van der Waals surface area (Å²) < 4.78 is 1.83. The molecule has 33 heavy (non-hydrogen) atoms. The highest BCUT2D eigenvalue weighted by atomic mass is 35.5. The summed E-state index contributed by atoms with van der Waals surface area (Å²) in [5.74, 6) is -0.149. The van der Waals surface area contributed by atoms with E-state index in [1.807, 2.05) is 60.9 Å². The maximum absolute atomic E-state index is 12.7. The third-order valence-corrected chi connectivity index (χ3v) is 6.40. The van der Waals surface area contributed by atoms with Crippen LogP contribution < -0.4 is 10.6 Å². The van der Waals surface area contributed by atoms with Crippen LogP contribution in [0, 0.1) is 13.8 Å². The number of hydrogen-bond donors (Lipinski definition) is 2. The van der Waals surface area contributed by atoms with E-state index in [1.54, 1.807) is 24.3 Å². The molecule has 0 saturated heterocycles.